The summed E-state index contributed by atoms with van der Waals surface area (Å²) in [4.78, 5) is 0. The molecule has 1 aromatic carbocycles. The number of ether oxygens (including phenoxy) is 1. The summed E-state index contributed by atoms with van der Waals surface area (Å²) >= 11 is 0. The molecule has 19 heavy (non-hydrogen) atoms. The van der Waals surface area contributed by atoms with Crippen molar-refractivity contribution in [3.8, 4) is 5.75 Å². The maximum absolute atomic E-state index is 10.2. The van der Waals surface area contributed by atoms with Crippen molar-refractivity contribution in [3.05, 3.63) is 29.8 Å². The van der Waals surface area contributed by atoms with Crippen molar-refractivity contribution < 1.29 is 9.84 Å². The van der Waals surface area contributed by atoms with Crippen LogP contribution in [0.4, 0.5) is 0 Å². The second kappa shape index (κ2) is 7.51. The summed E-state index contributed by atoms with van der Waals surface area (Å²) in [7, 11) is 1.65. The molecule has 0 aromatic heterocycles. The van der Waals surface area contributed by atoms with E-state index in [1.807, 2.05) is 24.3 Å². The number of aliphatic hydroxyl groups excluding tert-OH is 1. The first kappa shape index (κ1) is 14.4. The Bertz CT molecular complexity index is 375. The minimum atomic E-state index is -0.460. The van der Waals surface area contributed by atoms with Gasteiger partial charge in [-0.1, -0.05) is 31.4 Å². The van der Waals surface area contributed by atoms with Gasteiger partial charge in [-0.25, -0.2) is 0 Å². The predicted molar refractivity (Wildman–Crippen MR) is 77.4 cm³/mol. The number of aliphatic hydroxyl groups is 1. The van der Waals surface area contributed by atoms with Crippen LogP contribution in [0.1, 0.15) is 43.8 Å². The summed E-state index contributed by atoms with van der Waals surface area (Å²) in [5.74, 6) is 1.59. The van der Waals surface area contributed by atoms with Gasteiger partial charge in [-0.2, -0.15) is 0 Å². The minimum absolute atomic E-state index is 0.460. The predicted octanol–water partition coefficient (Wildman–Crippen LogP) is 2.90. The van der Waals surface area contributed by atoms with Gasteiger partial charge in [-0.15, -0.1) is 0 Å². The highest BCUT2D eigenvalue weighted by molar-refractivity contribution is 5.29. The average molecular weight is 263 g/mol. The lowest BCUT2D eigenvalue weighted by atomic mass is 9.89. The van der Waals surface area contributed by atoms with Crippen LogP contribution in [0.25, 0.3) is 0 Å². The monoisotopic (exact) mass is 263 g/mol. The van der Waals surface area contributed by atoms with Crippen LogP contribution in [0.2, 0.25) is 0 Å². The van der Waals surface area contributed by atoms with Crippen molar-refractivity contribution in [2.24, 2.45) is 5.92 Å². The van der Waals surface area contributed by atoms with E-state index in [1.54, 1.807) is 7.11 Å². The SMILES string of the molecule is COc1cccc(C(O)CNCC2CCCCC2)c1. The first-order valence-corrected chi connectivity index (χ1v) is 7.32. The maximum atomic E-state index is 10.2. The largest absolute Gasteiger partial charge is 0.497 e. The molecule has 1 atom stereocenters. The molecule has 1 unspecified atom stereocenters. The Kier molecular flexibility index (Phi) is 5.67. The smallest absolute Gasteiger partial charge is 0.119 e. The first-order chi connectivity index (χ1) is 9.29. The van der Waals surface area contributed by atoms with Crippen LogP contribution >= 0.6 is 0 Å². The molecule has 2 rings (SSSR count). The highest BCUT2D eigenvalue weighted by Crippen LogP contribution is 2.23. The van der Waals surface area contributed by atoms with Crippen molar-refractivity contribution in [3.63, 3.8) is 0 Å². The van der Waals surface area contributed by atoms with Gasteiger partial charge < -0.3 is 15.2 Å². The van der Waals surface area contributed by atoms with Gasteiger partial charge in [0.2, 0.25) is 0 Å². The number of nitrogens with one attached hydrogen (secondary N) is 1. The average Bonchev–Trinajstić information content (AvgIpc) is 2.48. The molecule has 106 valence electrons. The highest BCUT2D eigenvalue weighted by atomic mass is 16.5. The number of hydrogen-bond acceptors (Lipinski definition) is 3. The number of hydrogen-bond donors (Lipinski definition) is 2. The summed E-state index contributed by atoms with van der Waals surface area (Å²) < 4.78 is 5.17. The molecule has 0 aliphatic heterocycles. The fraction of sp³-hybridized carbons (Fsp3) is 0.625. The van der Waals surface area contributed by atoms with E-state index in [0.717, 1.165) is 23.8 Å². The van der Waals surface area contributed by atoms with Gasteiger partial charge in [-0.05, 0) is 43.0 Å². The van der Waals surface area contributed by atoms with Gasteiger partial charge in [0.1, 0.15) is 5.75 Å². The first-order valence-electron chi connectivity index (χ1n) is 7.32. The van der Waals surface area contributed by atoms with E-state index in [1.165, 1.54) is 32.1 Å². The van der Waals surface area contributed by atoms with Crippen molar-refractivity contribution in [1.29, 1.82) is 0 Å². The lowest BCUT2D eigenvalue weighted by Crippen LogP contribution is -2.28. The molecular weight excluding hydrogens is 238 g/mol. The molecule has 1 fully saturated rings. The van der Waals surface area contributed by atoms with Crippen molar-refractivity contribution in [2.75, 3.05) is 20.2 Å². The van der Waals surface area contributed by atoms with Gasteiger partial charge in [-0.3, -0.25) is 0 Å². The summed E-state index contributed by atoms with van der Waals surface area (Å²) in [6.07, 6.45) is 6.34. The van der Waals surface area contributed by atoms with Crippen LogP contribution in [0.5, 0.6) is 5.75 Å². The Morgan fingerprint density at radius 2 is 2.11 bits per heavy atom. The van der Waals surface area contributed by atoms with E-state index in [4.69, 9.17) is 4.74 Å². The van der Waals surface area contributed by atoms with Gasteiger partial charge in [0.25, 0.3) is 0 Å². The molecule has 1 aliphatic rings. The Morgan fingerprint density at radius 3 is 2.84 bits per heavy atom. The van der Waals surface area contributed by atoms with Crippen LogP contribution in [-0.2, 0) is 0 Å². The lowest BCUT2D eigenvalue weighted by molar-refractivity contribution is 0.170. The van der Waals surface area contributed by atoms with Crippen LogP contribution in [0.15, 0.2) is 24.3 Å². The molecular formula is C16H25NO2. The zero-order valence-corrected chi connectivity index (χ0v) is 11.8. The van der Waals surface area contributed by atoms with Crippen LogP contribution in [0, 0.1) is 5.92 Å². The van der Waals surface area contributed by atoms with Crippen molar-refractivity contribution in [2.45, 2.75) is 38.2 Å². The third-order valence-corrected chi connectivity index (χ3v) is 3.97. The Morgan fingerprint density at radius 1 is 1.32 bits per heavy atom. The fourth-order valence-electron chi connectivity index (χ4n) is 2.78. The molecule has 0 saturated heterocycles. The van der Waals surface area contributed by atoms with Gasteiger partial charge in [0, 0.05) is 6.54 Å². The zero-order valence-electron chi connectivity index (χ0n) is 11.8. The van der Waals surface area contributed by atoms with Gasteiger partial charge in [0.05, 0.1) is 13.2 Å². The standard InChI is InChI=1S/C16H25NO2/c1-19-15-9-5-8-14(10-15)16(18)12-17-11-13-6-3-2-4-7-13/h5,8-10,13,16-18H,2-4,6-7,11-12H2,1H3. The van der Waals surface area contributed by atoms with E-state index >= 15 is 0 Å². The molecule has 0 amide bonds. The quantitative estimate of drug-likeness (QED) is 0.829. The second-order valence-corrected chi connectivity index (χ2v) is 5.45. The minimum Gasteiger partial charge on any atom is -0.497 e. The molecule has 1 aromatic rings. The summed E-state index contributed by atoms with van der Waals surface area (Å²) in [6.45, 7) is 1.64. The van der Waals surface area contributed by atoms with E-state index in [0.29, 0.717) is 6.54 Å². The third kappa shape index (κ3) is 4.51. The van der Waals surface area contributed by atoms with Gasteiger partial charge >= 0.3 is 0 Å². The Balaban J connectivity index is 1.75. The summed E-state index contributed by atoms with van der Waals surface area (Å²) in [5.41, 5.74) is 0.912. The second-order valence-electron chi connectivity index (χ2n) is 5.45. The maximum Gasteiger partial charge on any atom is 0.119 e. The Hall–Kier alpha value is -1.06. The van der Waals surface area contributed by atoms with Crippen molar-refractivity contribution >= 4 is 0 Å². The Labute approximate surface area is 116 Å². The van der Waals surface area contributed by atoms with E-state index in [-0.39, 0.29) is 0 Å². The number of benzene rings is 1. The summed E-state index contributed by atoms with van der Waals surface area (Å²) in [5, 5.41) is 13.6. The topological polar surface area (TPSA) is 41.5 Å². The molecule has 3 nitrogen and oxygen atoms in total. The number of rotatable bonds is 6. The third-order valence-electron chi connectivity index (χ3n) is 3.97. The van der Waals surface area contributed by atoms with E-state index in [9.17, 15) is 5.11 Å². The molecule has 0 spiro atoms. The lowest BCUT2D eigenvalue weighted by Gasteiger charge is -2.22. The molecule has 1 saturated carbocycles. The van der Waals surface area contributed by atoms with Crippen molar-refractivity contribution in [1.82, 2.24) is 5.32 Å². The highest BCUT2D eigenvalue weighted by Gasteiger charge is 2.14. The van der Waals surface area contributed by atoms with Crippen LogP contribution in [0.3, 0.4) is 0 Å². The molecule has 3 heteroatoms. The van der Waals surface area contributed by atoms with Gasteiger partial charge in [0.15, 0.2) is 0 Å². The zero-order chi connectivity index (χ0) is 13.5. The molecule has 0 radical (unpaired) electrons. The van der Waals surface area contributed by atoms with E-state index in [2.05, 4.69) is 5.32 Å². The molecule has 2 N–H and O–H groups in total. The normalized spacial score (nSPS) is 18.2. The fourth-order valence-corrected chi connectivity index (χ4v) is 2.78. The van der Waals surface area contributed by atoms with Crippen LogP contribution < -0.4 is 10.1 Å². The number of methoxy groups -OCH3 is 1. The molecule has 0 heterocycles. The summed E-state index contributed by atoms with van der Waals surface area (Å²) in [6, 6.07) is 7.65. The molecule has 0 bridgehead atoms. The van der Waals surface area contributed by atoms with Crippen LogP contribution in [-0.4, -0.2) is 25.3 Å². The van der Waals surface area contributed by atoms with E-state index < -0.39 is 6.10 Å². The molecule has 1 aliphatic carbocycles.